The Hall–Kier alpha value is -1.26. The second kappa shape index (κ2) is 7.88. The van der Waals surface area contributed by atoms with Crippen LogP contribution in [-0.2, 0) is 18.7 Å². The Morgan fingerprint density at radius 3 is 2.52 bits per heavy atom. The van der Waals surface area contributed by atoms with Crippen molar-refractivity contribution in [3.63, 3.8) is 0 Å². The molecule has 6 N–H and O–H groups in total. The monoisotopic (exact) mass is 490 g/mol. The summed E-state index contributed by atoms with van der Waals surface area (Å²) in [5.74, 6) is -3.13. The van der Waals surface area contributed by atoms with E-state index in [2.05, 4.69) is 0 Å². The van der Waals surface area contributed by atoms with Gasteiger partial charge < -0.3 is 25.5 Å². The average Bonchev–Trinajstić information content (AvgIpc) is 2.90. The zero-order valence-corrected chi connectivity index (χ0v) is 19.7. The molecule has 11 heteroatoms. The number of aliphatic hydroxyl groups excluding tert-OH is 2. The summed E-state index contributed by atoms with van der Waals surface area (Å²) in [6, 6.07) is 0. The number of halogens is 1. The van der Waals surface area contributed by atoms with E-state index in [0.717, 1.165) is 0 Å². The van der Waals surface area contributed by atoms with E-state index in [0.29, 0.717) is 18.4 Å². The van der Waals surface area contributed by atoms with Crippen LogP contribution in [0, 0.1) is 28.6 Å². The Labute approximate surface area is 191 Å². The van der Waals surface area contributed by atoms with Crippen molar-refractivity contribution in [3.8, 4) is 0 Å². The topological polar surface area (TPSA) is 173 Å². The van der Waals surface area contributed by atoms with E-state index in [1.807, 2.05) is 0 Å². The Balaban J connectivity index is 0.00000306. The molecule has 3 saturated carbocycles. The lowest BCUT2D eigenvalue weighted by Crippen LogP contribution is -2.69. The molecule has 4 aliphatic carbocycles. The molecule has 0 aromatic rings. The molecule has 0 saturated heterocycles. The van der Waals surface area contributed by atoms with E-state index in [1.54, 1.807) is 20.8 Å². The molecule has 0 heterocycles. The third-order valence-corrected chi connectivity index (χ3v) is 9.53. The summed E-state index contributed by atoms with van der Waals surface area (Å²) in [6.45, 7) is 3.87. The Bertz CT molecular complexity index is 975. The first-order valence-corrected chi connectivity index (χ1v) is 12.4. The second-order valence-electron chi connectivity index (χ2n) is 10.3. The maximum atomic E-state index is 17.1. The molecule has 0 amide bonds. The number of Topliss-reactive ketones (excluding diaryl/α,β-unsaturated/α-hetero) is 1. The molecule has 0 aromatic carbocycles. The lowest BCUT2D eigenvalue weighted by molar-refractivity contribution is -0.217. The average molecular weight is 490 g/mol. The molecule has 0 aliphatic heterocycles. The minimum Gasteiger partial charge on any atom is -0.412 e. The van der Waals surface area contributed by atoms with Crippen LogP contribution in [-0.4, -0.2) is 61.0 Å². The number of allylic oxidation sites excluding steroid dienone is 4. The highest BCUT2D eigenvalue weighted by Gasteiger charge is 2.77. The van der Waals surface area contributed by atoms with Crippen LogP contribution in [0.3, 0.4) is 0 Å². The van der Waals surface area contributed by atoms with Gasteiger partial charge in [-0.1, -0.05) is 25.5 Å². The van der Waals surface area contributed by atoms with Gasteiger partial charge in [0.25, 0.3) is 0 Å². The van der Waals surface area contributed by atoms with Crippen LogP contribution in [0.4, 0.5) is 4.39 Å². The molecule has 186 valence electrons. The number of hydrogen-bond donors (Lipinski definition) is 4. The number of rotatable bonds is 4. The summed E-state index contributed by atoms with van der Waals surface area (Å²) in [5.41, 5.74) is -6.13. The largest absolute Gasteiger partial charge is 0.470 e. The summed E-state index contributed by atoms with van der Waals surface area (Å²) < 4.78 is 34.2. The Morgan fingerprint density at radius 2 is 1.94 bits per heavy atom. The molecular weight excluding hydrogens is 458 g/mol. The van der Waals surface area contributed by atoms with Crippen LogP contribution >= 0.6 is 7.82 Å². The molecule has 9 nitrogen and oxygen atoms in total. The van der Waals surface area contributed by atoms with Crippen molar-refractivity contribution in [2.24, 2.45) is 28.6 Å². The number of hydrogen-bond acceptors (Lipinski definition) is 6. The van der Waals surface area contributed by atoms with Crippen molar-refractivity contribution in [2.75, 3.05) is 6.61 Å². The third-order valence-electron chi connectivity index (χ3n) is 9.00. The lowest BCUT2D eigenvalue weighted by atomic mass is 9.44. The minimum atomic E-state index is -5.17. The number of phosphoric ester groups is 1. The van der Waals surface area contributed by atoms with E-state index in [4.69, 9.17) is 4.52 Å². The summed E-state index contributed by atoms with van der Waals surface area (Å²) in [4.78, 5) is 44.2. The predicted molar refractivity (Wildman–Crippen MR) is 114 cm³/mol. The van der Waals surface area contributed by atoms with Gasteiger partial charge in [-0.15, -0.1) is 0 Å². The van der Waals surface area contributed by atoms with Crippen molar-refractivity contribution < 1.29 is 48.5 Å². The van der Waals surface area contributed by atoms with Gasteiger partial charge in [0.15, 0.2) is 17.2 Å². The van der Waals surface area contributed by atoms with Gasteiger partial charge in [0.1, 0.15) is 12.2 Å². The number of alkyl halides is 1. The number of carbonyl (C=O) groups excluding carboxylic acids is 2. The summed E-state index contributed by atoms with van der Waals surface area (Å²) in [6.07, 6.45) is 3.34. The van der Waals surface area contributed by atoms with E-state index in [9.17, 15) is 34.2 Å². The van der Waals surface area contributed by atoms with Crippen molar-refractivity contribution in [2.45, 2.75) is 63.8 Å². The van der Waals surface area contributed by atoms with Gasteiger partial charge >= 0.3 is 7.82 Å². The Kier molecular flexibility index (Phi) is 6.29. The van der Waals surface area contributed by atoms with Gasteiger partial charge in [-0.25, -0.2) is 8.96 Å². The van der Waals surface area contributed by atoms with E-state index in [1.165, 1.54) is 18.2 Å². The highest BCUT2D eigenvalue weighted by atomic mass is 31.2. The third kappa shape index (κ3) is 3.22. The minimum absolute atomic E-state index is 0. The number of aliphatic hydroxyl groups is 2. The van der Waals surface area contributed by atoms with Crippen LogP contribution in [0.2, 0.25) is 0 Å². The summed E-state index contributed by atoms with van der Waals surface area (Å²) in [5, 5.41) is 21.0. The van der Waals surface area contributed by atoms with E-state index >= 15 is 4.39 Å². The predicted octanol–water partition coefficient (Wildman–Crippen LogP) is 1.19. The zero-order chi connectivity index (χ0) is 23.9. The first-order valence-electron chi connectivity index (χ1n) is 10.9. The van der Waals surface area contributed by atoms with Gasteiger partial charge in [0, 0.05) is 16.7 Å². The lowest BCUT2D eigenvalue weighted by Gasteiger charge is -2.63. The quantitative estimate of drug-likeness (QED) is 0.425. The fourth-order valence-electron chi connectivity index (χ4n) is 7.67. The Morgan fingerprint density at radius 1 is 1.30 bits per heavy atom. The van der Waals surface area contributed by atoms with Crippen LogP contribution in [0.15, 0.2) is 23.8 Å². The standard InChI is InChI=1S/C22H30FO8P.H2O/c1-12-8-16-15-5-4-13-9-14(25)6-7-19(13,2)21(15,23)17(26)10-20(16,3)22(12,18(27)11-24)31-32(28,29)30;/h6-7,9,12,15-17,24,26H,4-5,8,10-11H2,1-3H3,(H2,28,29,30);1H2/t12-,15+,16+,17+,19+,20+,21+,22+;/m1./s1. The maximum Gasteiger partial charge on any atom is 0.470 e. The summed E-state index contributed by atoms with van der Waals surface area (Å²) in [7, 11) is -5.17. The van der Waals surface area contributed by atoms with Gasteiger partial charge in [-0.3, -0.25) is 14.1 Å². The molecule has 8 atom stereocenters. The molecule has 4 rings (SSSR count). The highest BCUT2D eigenvalue weighted by molar-refractivity contribution is 7.46. The number of fused-ring (bicyclic) bond motifs is 5. The van der Waals surface area contributed by atoms with E-state index in [-0.39, 0.29) is 24.1 Å². The van der Waals surface area contributed by atoms with E-state index < -0.39 is 66.2 Å². The van der Waals surface area contributed by atoms with Gasteiger partial charge in [0.2, 0.25) is 0 Å². The molecule has 0 spiro atoms. The molecular formula is C22H32FO9P. The van der Waals surface area contributed by atoms with Crippen molar-refractivity contribution in [3.05, 3.63) is 23.8 Å². The number of phosphoric acid groups is 1. The van der Waals surface area contributed by atoms with Gasteiger partial charge in [0.05, 0.1) is 6.10 Å². The van der Waals surface area contributed by atoms with Crippen LogP contribution in [0.1, 0.15) is 46.5 Å². The highest BCUT2D eigenvalue weighted by Crippen LogP contribution is 2.72. The van der Waals surface area contributed by atoms with Crippen molar-refractivity contribution >= 4 is 19.4 Å². The molecule has 0 unspecified atom stereocenters. The second-order valence-corrected chi connectivity index (χ2v) is 11.5. The van der Waals surface area contributed by atoms with Crippen molar-refractivity contribution in [1.82, 2.24) is 0 Å². The van der Waals surface area contributed by atoms with Crippen molar-refractivity contribution in [1.29, 1.82) is 0 Å². The smallest absolute Gasteiger partial charge is 0.412 e. The van der Waals surface area contributed by atoms with Gasteiger partial charge in [-0.05, 0) is 56.6 Å². The molecule has 0 radical (unpaired) electrons. The van der Waals surface area contributed by atoms with Gasteiger partial charge in [-0.2, -0.15) is 0 Å². The first-order chi connectivity index (χ1) is 14.7. The maximum absolute atomic E-state index is 17.1. The first kappa shape index (κ1) is 26.3. The SMILES string of the molecule is C[C@@H]1C[C@H]2[C@@H]3CCC4=CC(=O)C=C[C@]4(C)[C@@]3(F)[C@@H](O)C[C@]2(C)[C@@]1(OP(=O)(O)O)C(=O)CO.O. The zero-order valence-electron chi connectivity index (χ0n) is 18.8. The van der Waals surface area contributed by atoms with Crippen LogP contribution < -0.4 is 0 Å². The fraction of sp³-hybridized carbons (Fsp3) is 0.727. The normalized spacial score (nSPS) is 46.5. The van der Waals surface area contributed by atoms with Crippen LogP contribution in [0.5, 0.6) is 0 Å². The molecule has 4 aliphatic rings. The fourth-order valence-corrected chi connectivity index (χ4v) is 8.54. The molecule has 33 heavy (non-hydrogen) atoms. The van der Waals surface area contributed by atoms with Crippen LogP contribution in [0.25, 0.3) is 0 Å². The summed E-state index contributed by atoms with van der Waals surface area (Å²) >= 11 is 0. The molecule has 0 bridgehead atoms. The number of ketones is 2. The number of carbonyl (C=O) groups is 2. The molecule has 0 aromatic heterocycles. The molecule has 3 fully saturated rings.